The quantitative estimate of drug-likeness (QED) is 0.630. The van der Waals surface area contributed by atoms with Crippen molar-refractivity contribution in [2.75, 3.05) is 0 Å². The maximum Gasteiger partial charge on any atom is 0.0348 e. The normalized spacial score (nSPS) is 10.4. The molecule has 2 heteroatoms. The van der Waals surface area contributed by atoms with Gasteiger partial charge in [0.15, 0.2) is 0 Å². The van der Waals surface area contributed by atoms with Gasteiger partial charge in [-0.25, -0.2) is 0 Å². The molecule has 0 bridgehead atoms. The van der Waals surface area contributed by atoms with Crippen LogP contribution in [0.25, 0.3) is 11.1 Å². The summed E-state index contributed by atoms with van der Waals surface area (Å²) in [4.78, 5) is 0. The van der Waals surface area contributed by atoms with Crippen LogP contribution in [0.1, 0.15) is 11.1 Å². The second-order valence-electron chi connectivity index (χ2n) is 3.77. The van der Waals surface area contributed by atoms with Crippen LogP contribution in [0.15, 0.2) is 36.4 Å². The van der Waals surface area contributed by atoms with Gasteiger partial charge in [-0.1, -0.05) is 41.4 Å². The molecule has 0 amide bonds. The maximum absolute atomic E-state index is 13.6. The summed E-state index contributed by atoms with van der Waals surface area (Å²) in [6, 6.07) is 11.2. The monoisotopic (exact) mass is 233 g/mol. The van der Waals surface area contributed by atoms with Crippen LogP contribution in [0.3, 0.4) is 0 Å². The molecule has 0 fully saturated rings. The Morgan fingerprint density at radius 3 is 2.31 bits per heavy atom. The molecule has 16 heavy (non-hydrogen) atoms. The van der Waals surface area contributed by atoms with Gasteiger partial charge in [-0.15, -0.1) is 6.07 Å². The van der Waals surface area contributed by atoms with Gasteiger partial charge in [-0.2, -0.15) is 18.6 Å². The van der Waals surface area contributed by atoms with Crippen LogP contribution in [0.4, 0.5) is 4.39 Å². The number of benzene rings is 2. The van der Waals surface area contributed by atoms with E-state index in [9.17, 15) is 4.39 Å². The zero-order valence-electron chi connectivity index (χ0n) is 8.93. The Morgan fingerprint density at radius 2 is 1.69 bits per heavy atom. The molecule has 0 nitrogen and oxygen atoms in total. The van der Waals surface area contributed by atoms with Crippen molar-refractivity contribution in [3.8, 4) is 11.1 Å². The number of aryl methyl sites for hydroxylation is 1. The highest BCUT2D eigenvalue weighted by Gasteiger charge is 2.04. The average Bonchev–Trinajstić information content (AvgIpc) is 2.28. The molecule has 0 atom stereocenters. The molecule has 2 rings (SSSR count). The van der Waals surface area contributed by atoms with Crippen molar-refractivity contribution in [2.24, 2.45) is 0 Å². The van der Waals surface area contributed by atoms with Crippen LogP contribution in [0.2, 0.25) is 5.02 Å². The minimum Gasteiger partial charge on any atom is -0.282 e. The predicted octanol–water partition coefficient (Wildman–Crippen LogP) is 4.64. The van der Waals surface area contributed by atoms with E-state index >= 15 is 0 Å². The fourth-order valence-corrected chi connectivity index (χ4v) is 1.84. The summed E-state index contributed by atoms with van der Waals surface area (Å²) >= 11 is 5.96. The highest BCUT2D eigenvalue weighted by Crippen LogP contribution is 2.31. The third-order valence-electron chi connectivity index (χ3n) is 2.52. The Hall–Kier alpha value is -1.47. The van der Waals surface area contributed by atoms with Gasteiger partial charge in [0.25, 0.3) is 0 Å². The molecule has 0 unspecified atom stereocenters. The molecule has 0 radical (unpaired) electrons. The van der Waals surface area contributed by atoms with Crippen molar-refractivity contribution in [3.63, 3.8) is 0 Å². The molecular formula is C14H11ClF-. The first-order valence-electron chi connectivity index (χ1n) is 4.96. The second kappa shape index (κ2) is 4.18. The standard InChI is InChI=1S/C14H11ClF/c1-9-3-6-11(7-4-9)12-8-5-10(2)14(16)13(12)15/h3-8H,2H2,1H3/q-1. The molecule has 82 valence electrons. The summed E-state index contributed by atoms with van der Waals surface area (Å²) in [5, 5.41) is 0.136. The first-order valence-corrected chi connectivity index (χ1v) is 5.34. The van der Waals surface area contributed by atoms with Crippen LogP contribution in [-0.2, 0) is 0 Å². The molecule has 0 aromatic heterocycles. The number of hydrogen-bond donors (Lipinski definition) is 0. The lowest BCUT2D eigenvalue weighted by atomic mass is 10.0. The Kier molecular flexibility index (Phi) is 2.88. The van der Waals surface area contributed by atoms with E-state index in [-0.39, 0.29) is 5.02 Å². The molecule has 2 aromatic carbocycles. The van der Waals surface area contributed by atoms with Gasteiger partial charge in [0.2, 0.25) is 0 Å². The highest BCUT2D eigenvalue weighted by molar-refractivity contribution is 6.33. The Balaban J connectivity index is 2.57. The van der Waals surface area contributed by atoms with E-state index in [0.29, 0.717) is 11.1 Å². The molecular weight excluding hydrogens is 223 g/mol. The van der Waals surface area contributed by atoms with Crippen molar-refractivity contribution in [3.05, 3.63) is 65.3 Å². The first-order chi connectivity index (χ1) is 7.59. The van der Waals surface area contributed by atoms with E-state index in [0.717, 1.165) is 11.1 Å². The SMILES string of the molecule is [CH2-]c1ccc(-c2ccc(C)cc2)c(Cl)c1F. The lowest BCUT2D eigenvalue weighted by Gasteiger charge is -2.13. The van der Waals surface area contributed by atoms with Crippen molar-refractivity contribution in [1.29, 1.82) is 0 Å². The fourth-order valence-electron chi connectivity index (χ4n) is 1.55. The summed E-state index contributed by atoms with van der Waals surface area (Å²) in [7, 11) is 0. The molecule has 0 aliphatic rings. The largest absolute Gasteiger partial charge is 0.282 e. The molecule has 0 saturated carbocycles. The van der Waals surface area contributed by atoms with Gasteiger partial charge in [0.05, 0.1) is 0 Å². The van der Waals surface area contributed by atoms with Gasteiger partial charge in [-0.05, 0) is 18.1 Å². The Labute approximate surface area is 99.7 Å². The van der Waals surface area contributed by atoms with Gasteiger partial charge in [0.1, 0.15) is 0 Å². The van der Waals surface area contributed by atoms with Gasteiger partial charge in [0, 0.05) is 10.8 Å². The average molecular weight is 234 g/mol. The van der Waals surface area contributed by atoms with Crippen molar-refractivity contribution in [2.45, 2.75) is 6.92 Å². The van der Waals surface area contributed by atoms with Gasteiger partial charge < -0.3 is 0 Å². The summed E-state index contributed by atoms with van der Waals surface area (Å²) in [6.45, 7) is 5.58. The fraction of sp³-hybridized carbons (Fsp3) is 0.0714. The van der Waals surface area contributed by atoms with Crippen LogP contribution >= 0.6 is 11.6 Å². The topological polar surface area (TPSA) is 0 Å². The molecule has 0 saturated heterocycles. The smallest absolute Gasteiger partial charge is 0.0348 e. The molecule has 0 aliphatic carbocycles. The van der Waals surface area contributed by atoms with Gasteiger partial charge in [-0.3, -0.25) is 4.39 Å². The summed E-state index contributed by atoms with van der Waals surface area (Å²) in [5.74, 6) is -0.445. The van der Waals surface area contributed by atoms with Crippen molar-refractivity contribution >= 4 is 11.6 Å². The minimum atomic E-state index is -0.445. The third-order valence-corrected chi connectivity index (χ3v) is 2.89. The minimum absolute atomic E-state index is 0.136. The lowest BCUT2D eigenvalue weighted by molar-refractivity contribution is 0.624. The van der Waals surface area contributed by atoms with E-state index in [2.05, 4.69) is 6.92 Å². The Morgan fingerprint density at radius 1 is 1.06 bits per heavy atom. The molecule has 2 aromatic rings. The van der Waals surface area contributed by atoms with Gasteiger partial charge >= 0.3 is 0 Å². The summed E-state index contributed by atoms with van der Waals surface area (Å²) in [5.41, 5.74) is 3.09. The summed E-state index contributed by atoms with van der Waals surface area (Å²) < 4.78 is 13.6. The summed E-state index contributed by atoms with van der Waals surface area (Å²) in [6.07, 6.45) is 0. The van der Waals surface area contributed by atoms with E-state index in [1.165, 1.54) is 0 Å². The van der Waals surface area contributed by atoms with Crippen molar-refractivity contribution < 1.29 is 4.39 Å². The number of rotatable bonds is 1. The van der Waals surface area contributed by atoms with E-state index in [4.69, 9.17) is 11.6 Å². The van der Waals surface area contributed by atoms with E-state index < -0.39 is 5.82 Å². The molecule has 0 N–H and O–H groups in total. The first kappa shape index (κ1) is 11.0. The molecule has 0 spiro atoms. The maximum atomic E-state index is 13.6. The zero-order chi connectivity index (χ0) is 11.7. The Bertz CT molecular complexity index is 515. The zero-order valence-corrected chi connectivity index (χ0v) is 9.68. The van der Waals surface area contributed by atoms with Crippen LogP contribution in [0.5, 0.6) is 0 Å². The van der Waals surface area contributed by atoms with Crippen LogP contribution in [-0.4, -0.2) is 0 Å². The predicted molar refractivity (Wildman–Crippen MR) is 66.0 cm³/mol. The second-order valence-corrected chi connectivity index (χ2v) is 4.14. The number of halogens is 2. The van der Waals surface area contributed by atoms with E-state index in [1.54, 1.807) is 12.1 Å². The van der Waals surface area contributed by atoms with Crippen LogP contribution in [0, 0.1) is 19.7 Å². The van der Waals surface area contributed by atoms with Crippen LogP contribution < -0.4 is 0 Å². The number of hydrogen-bond acceptors (Lipinski definition) is 0. The molecule has 0 heterocycles. The van der Waals surface area contributed by atoms with Crippen molar-refractivity contribution in [1.82, 2.24) is 0 Å². The lowest BCUT2D eigenvalue weighted by Crippen LogP contribution is -1.88. The molecule has 0 aliphatic heterocycles. The third kappa shape index (κ3) is 1.91. The highest BCUT2D eigenvalue weighted by atomic mass is 35.5. The van der Waals surface area contributed by atoms with E-state index in [1.807, 2.05) is 31.2 Å².